The molecule has 0 saturated carbocycles. The van der Waals surface area contributed by atoms with Gasteiger partial charge in [-0.25, -0.2) is 0 Å². The molecule has 1 aromatic carbocycles. The standard InChI is InChI=1S/C18H28O4S.C4H10O.H3N/c1-3-5-6-7-8-9-10-13-16-14-11-12-15-17(16)18(4-2)22-23(19,20)21;1-3-5-4-2;/h4,11-12,14-15H,3,5-10,13H2,1-2H3,(H,19,20,21);3-4H2,1-2H3;1H3/b18-4-;;. The van der Waals surface area contributed by atoms with Crippen LogP contribution < -0.4 is 6.15 Å². The molecule has 1 aromatic rings. The van der Waals surface area contributed by atoms with Gasteiger partial charge < -0.3 is 15.1 Å². The van der Waals surface area contributed by atoms with Crippen molar-refractivity contribution in [1.29, 1.82) is 0 Å². The van der Waals surface area contributed by atoms with Crippen LogP contribution in [0.15, 0.2) is 30.3 Å². The largest absolute Gasteiger partial charge is 0.446 e. The van der Waals surface area contributed by atoms with Crippen LogP contribution in [0.25, 0.3) is 5.76 Å². The number of aryl methyl sites for hydroxylation is 1. The molecular weight excluding hydrogens is 390 g/mol. The van der Waals surface area contributed by atoms with Crippen LogP contribution in [0.2, 0.25) is 0 Å². The molecule has 29 heavy (non-hydrogen) atoms. The van der Waals surface area contributed by atoms with Crippen molar-refractivity contribution in [2.75, 3.05) is 13.2 Å². The summed E-state index contributed by atoms with van der Waals surface area (Å²) in [5, 5.41) is 0. The number of ether oxygens (including phenoxy) is 1. The van der Waals surface area contributed by atoms with Crippen molar-refractivity contribution in [2.45, 2.75) is 79.1 Å². The third-order valence-corrected chi connectivity index (χ3v) is 4.59. The van der Waals surface area contributed by atoms with Gasteiger partial charge in [-0.05, 0) is 45.3 Å². The molecule has 0 spiro atoms. The lowest BCUT2D eigenvalue weighted by Gasteiger charge is -2.12. The summed E-state index contributed by atoms with van der Waals surface area (Å²) >= 11 is 0. The Bertz CT molecular complexity index is 642. The summed E-state index contributed by atoms with van der Waals surface area (Å²) in [5.74, 6) is 0.172. The van der Waals surface area contributed by atoms with Gasteiger partial charge in [0.2, 0.25) is 0 Å². The summed E-state index contributed by atoms with van der Waals surface area (Å²) in [6, 6.07) is 7.56. The van der Waals surface area contributed by atoms with Crippen molar-refractivity contribution in [3.05, 3.63) is 41.5 Å². The molecule has 0 aliphatic heterocycles. The lowest BCUT2D eigenvalue weighted by atomic mass is 9.99. The second-order valence-electron chi connectivity index (χ2n) is 6.47. The van der Waals surface area contributed by atoms with Crippen LogP contribution in [-0.4, -0.2) is 26.2 Å². The van der Waals surface area contributed by atoms with Crippen molar-refractivity contribution in [3.8, 4) is 0 Å². The minimum Gasteiger partial charge on any atom is -0.382 e. The van der Waals surface area contributed by atoms with Crippen molar-refractivity contribution < 1.29 is 21.9 Å². The van der Waals surface area contributed by atoms with Gasteiger partial charge in [0, 0.05) is 18.8 Å². The topological polar surface area (TPSA) is 108 Å². The second kappa shape index (κ2) is 18.6. The van der Waals surface area contributed by atoms with E-state index in [1.165, 1.54) is 38.5 Å². The van der Waals surface area contributed by atoms with E-state index in [0.717, 1.165) is 37.2 Å². The predicted molar refractivity (Wildman–Crippen MR) is 122 cm³/mol. The first kappa shape index (κ1) is 29.8. The number of hydrogen-bond acceptors (Lipinski definition) is 5. The zero-order valence-electron chi connectivity index (χ0n) is 18.7. The van der Waals surface area contributed by atoms with Crippen LogP contribution in [-0.2, 0) is 25.7 Å². The normalized spacial score (nSPS) is 11.3. The quantitative estimate of drug-likeness (QED) is 0.213. The van der Waals surface area contributed by atoms with Crippen molar-refractivity contribution in [3.63, 3.8) is 0 Å². The van der Waals surface area contributed by atoms with E-state index in [2.05, 4.69) is 11.1 Å². The number of hydrogen-bond donors (Lipinski definition) is 2. The highest BCUT2D eigenvalue weighted by Crippen LogP contribution is 2.24. The van der Waals surface area contributed by atoms with E-state index in [-0.39, 0.29) is 11.9 Å². The van der Waals surface area contributed by atoms with Crippen LogP contribution in [0.4, 0.5) is 0 Å². The number of rotatable bonds is 13. The summed E-state index contributed by atoms with van der Waals surface area (Å²) in [7, 11) is -4.51. The molecule has 0 aliphatic rings. The van der Waals surface area contributed by atoms with Gasteiger partial charge in [0.1, 0.15) is 5.76 Å². The monoisotopic (exact) mass is 431 g/mol. The molecule has 0 bridgehead atoms. The molecule has 0 fully saturated rings. The first-order valence-corrected chi connectivity index (χ1v) is 11.7. The van der Waals surface area contributed by atoms with E-state index < -0.39 is 10.4 Å². The number of allylic oxidation sites excluding steroid dienone is 1. The molecule has 0 amide bonds. The molecule has 0 atom stereocenters. The Hall–Kier alpha value is -1.41. The Morgan fingerprint density at radius 2 is 1.52 bits per heavy atom. The molecule has 0 radical (unpaired) electrons. The van der Waals surface area contributed by atoms with Gasteiger partial charge in [-0.2, -0.15) is 8.42 Å². The third-order valence-electron chi connectivity index (χ3n) is 4.20. The zero-order chi connectivity index (χ0) is 21.3. The van der Waals surface area contributed by atoms with E-state index in [4.69, 9.17) is 9.29 Å². The maximum absolute atomic E-state index is 11.0. The SMILES string of the molecule is C/C=C(\OS(=O)(=O)O)c1ccccc1CCCCCCCCC.CCOCC.N. The molecular formula is C22H41NO5S. The maximum atomic E-state index is 11.0. The molecule has 0 heterocycles. The van der Waals surface area contributed by atoms with Crippen LogP contribution in [0.1, 0.15) is 83.8 Å². The van der Waals surface area contributed by atoms with Gasteiger partial charge in [-0.1, -0.05) is 69.7 Å². The zero-order valence-corrected chi connectivity index (χ0v) is 19.5. The Kier molecular flexibility index (Phi) is 19.1. The van der Waals surface area contributed by atoms with Gasteiger partial charge in [-0.15, -0.1) is 0 Å². The fourth-order valence-electron chi connectivity index (χ4n) is 2.82. The van der Waals surface area contributed by atoms with Gasteiger partial charge in [0.25, 0.3) is 0 Å². The summed E-state index contributed by atoms with van der Waals surface area (Å²) < 4.78 is 40.3. The first-order valence-electron chi connectivity index (χ1n) is 10.4. The first-order chi connectivity index (χ1) is 13.4. The van der Waals surface area contributed by atoms with Crippen LogP contribution in [0, 0.1) is 0 Å². The van der Waals surface area contributed by atoms with E-state index in [9.17, 15) is 8.42 Å². The summed E-state index contributed by atoms with van der Waals surface area (Å²) in [4.78, 5) is 0. The maximum Gasteiger partial charge on any atom is 0.446 e. The van der Waals surface area contributed by atoms with Crippen molar-refractivity contribution >= 4 is 16.2 Å². The van der Waals surface area contributed by atoms with Gasteiger partial charge in [0.15, 0.2) is 0 Å². The molecule has 0 unspecified atom stereocenters. The molecule has 0 saturated heterocycles. The van der Waals surface area contributed by atoms with Gasteiger partial charge in [0.05, 0.1) is 0 Å². The Morgan fingerprint density at radius 1 is 0.966 bits per heavy atom. The molecule has 170 valence electrons. The smallest absolute Gasteiger partial charge is 0.382 e. The molecule has 7 heteroatoms. The lowest BCUT2D eigenvalue weighted by molar-refractivity contribution is 0.162. The van der Waals surface area contributed by atoms with E-state index in [1.807, 2.05) is 38.1 Å². The van der Waals surface area contributed by atoms with E-state index >= 15 is 0 Å². The number of unbranched alkanes of at least 4 members (excludes halogenated alkanes) is 6. The summed E-state index contributed by atoms with van der Waals surface area (Å²) in [6.45, 7) is 9.56. The summed E-state index contributed by atoms with van der Waals surface area (Å²) in [6.07, 6.45) is 11.0. The van der Waals surface area contributed by atoms with Crippen LogP contribution in [0.5, 0.6) is 0 Å². The molecule has 0 aliphatic carbocycles. The minimum absolute atomic E-state index is 0. The van der Waals surface area contributed by atoms with E-state index in [0.29, 0.717) is 0 Å². The Labute approximate surface area is 178 Å². The summed E-state index contributed by atoms with van der Waals surface area (Å²) in [5.41, 5.74) is 1.76. The van der Waals surface area contributed by atoms with Crippen LogP contribution in [0.3, 0.4) is 0 Å². The van der Waals surface area contributed by atoms with Crippen LogP contribution >= 0.6 is 0 Å². The fraction of sp³-hybridized carbons (Fsp3) is 0.636. The molecule has 0 aromatic heterocycles. The highest BCUT2D eigenvalue weighted by Gasteiger charge is 2.14. The van der Waals surface area contributed by atoms with Crippen molar-refractivity contribution in [1.82, 2.24) is 6.15 Å². The molecule has 1 rings (SSSR count). The number of benzene rings is 1. The van der Waals surface area contributed by atoms with Gasteiger partial charge >= 0.3 is 10.4 Å². The third kappa shape index (κ3) is 16.1. The van der Waals surface area contributed by atoms with Crippen molar-refractivity contribution in [2.24, 2.45) is 0 Å². The van der Waals surface area contributed by atoms with Gasteiger partial charge in [-0.3, -0.25) is 4.55 Å². The Balaban J connectivity index is 0. The predicted octanol–water partition coefficient (Wildman–Crippen LogP) is 6.36. The average Bonchev–Trinajstić information content (AvgIpc) is 2.66. The fourth-order valence-corrected chi connectivity index (χ4v) is 3.23. The Morgan fingerprint density at radius 3 is 2.00 bits per heavy atom. The molecule has 4 N–H and O–H groups in total. The molecule has 6 nitrogen and oxygen atoms in total. The second-order valence-corrected chi connectivity index (χ2v) is 7.50. The highest BCUT2D eigenvalue weighted by molar-refractivity contribution is 7.81. The lowest BCUT2D eigenvalue weighted by Crippen LogP contribution is -2.05. The minimum atomic E-state index is -4.51. The highest BCUT2D eigenvalue weighted by atomic mass is 32.3. The van der Waals surface area contributed by atoms with E-state index in [1.54, 1.807) is 13.0 Å². The average molecular weight is 432 g/mol.